The summed E-state index contributed by atoms with van der Waals surface area (Å²) in [6.45, 7) is 9.03. The number of rotatable bonds is 3. The van der Waals surface area contributed by atoms with Crippen LogP contribution in [-0.2, 0) is 0 Å². The fraction of sp³-hybridized carbons (Fsp3) is 0.667. The first-order valence-corrected chi connectivity index (χ1v) is 8.32. The molecule has 0 aromatic heterocycles. The van der Waals surface area contributed by atoms with E-state index in [1.807, 2.05) is 24.3 Å². The third-order valence-corrected chi connectivity index (χ3v) is 5.44. The van der Waals surface area contributed by atoms with Crippen molar-refractivity contribution in [2.75, 3.05) is 13.1 Å². The fourth-order valence-electron chi connectivity index (χ4n) is 4.80. The predicted octanol–water partition coefficient (Wildman–Crippen LogP) is 4.27. The number of aliphatic hydroxyl groups excluding tert-OH is 1. The van der Waals surface area contributed by atoms with Gasteiger partial charge in [-0.2, -0.15) is 0 Å². The van der Waals surface area contributed by atoms with E-state index in [1.165, 1.54) is 19.3 Å². The zero-order valence-electron chi connectivity index (χ0n) is 13.3. The lowest BCUT2D eigenvalue weighted by Crippen LogP contribution is -2.36. The van der Waals surface area contributed by atoms with Crippen molar-refractivity contribution in [2.24, 2.45) is 10.8 Å². The van der Waals surface area contributed by atoms with E-state index in [4.69, 9.17) is 11.6 Å². The number of fused-ring (bicyclic) bond motifs is 2. The Morgan fingerprint density at radius 1 is 1.24 bits per heavy atom. The molecule has 1 heterocycles. The van der Waals surface area contributed by atoms with Gasteiger partial charge in [0.2, 0.25) is 0 Å². The second-order valence-corrected chi connectivity index (χ2v) is 8.65. The van der Waals surface area contributed by atoms with Gasteiger partial charge in [-0.05, 0) is 47.8 Å². The van der Waals surface area contributed by atoms with E-state index in [9.17, 15) is 5.11 Å². The van der Waals surface area contributed by atoms with Crippen molar-refractivity contribution < 1.29 is 5.11 Å². The summed E-state index contributed by atoms with van der Waals surface area (Å²) in [4.78, 5) is 2.51. The van der Waals surface area contributed by atoms with Crippen LogP contribution in [0.1, 0.15) is 51.7 Å². The molecule has 21 heavy (non-hydrogen) atoms. The van der Waals surface area contributed by atoms with Gasteiger partial charge in [0.15, 0.2) is 0 Å². The molecule has 1 aliphatic carbocycles. The molecule has 2 bridgehead atoms. The Morgan fingerprint density at radius 3 is 2.57 bits per heavy atom. The third kappa shape index (κ3) is 3.28. The molecule has 2 nitrogen and oxygen atoms in total. The summed E-state index contributed by atoms with van der Waals surface area (Å²) in [5.41, 5.74) is 1.81. The van der Waals surface area contributed by atoms with Gasteiger partial charge in [0.1, 0.15) is 0 Å². The lowest BCUT2D eigenvalue weighted by Gasteiger charge is -2.40. The molecule has 3 atom stereocenters. The molecule has 3 rings (SSSR count). The van der Waals surface area contributed by atoms with Gasteiger partial charge in [-0.15, -0.1) is 0 Å². The quantitative estimate of drug-likeness (QED) is 0.901. The second kappa shape index (κ2) is 5.26. The van der Waals surface area contributed by atoms with Crippen LogP contribution in [0.2, 0.25) is 5.02 Å². The van der Waals surface area contributed by atoms with Gasteiger partial charge in [-0.3, -0.25) is 4.90 Å². The lowest BCUT2D eigenvalue weighted by molar-refractivity contribution is 0.0921. The Balaban J connectivity index is 1.70. The highest BCUT2D eigenvalue weighted by atomic mass is 35.5. The summed E-state index contributed by atoms with van der Waals surface area (Å²) >= 11 is 5.92. The second-order valence-electron chi connectivity index (χ2n) is 8.21. The summed E-state index contributed by atoms with van der Waals surface area (Å²) in [6.07, 6.45) is 3.40. The number of likely N-dealkylation sites (tertiary alicyclic amines) is 1. The average Bonchev–Trinajstić information content (AvgIpc) is 2.58. The number of β-amino-alcohol motifs (C(OH)–C–C–N with tert-alkyl or cyclic N) is 1. The number of hydrogen-bond acceptors (Lipinski definition) is 2. The molecule has 116 valence electrons. The van der Waals surface area contributed by atoms with E-state index in [0.29, 0.717) is 16.9 Å². The smallest absolute Gasteiger partial charge is 0.0917 e. The summed E-state index contributed by atoms with van der Waals surface area (Å²) in [6, 6.07) is 8.20. The Labute approximate surface area is 133 Å². The highest BCUT2D eigenvalue weighted by Crippen LogP contribution is 2.52. The molecular formula is C18H26ClNO. The van der Waals surface area contributed by atoms with Crippen LogP contribution < -0.4 is 0 Å². The molecule has 3 heteroatoms. The van der Waals surface area contributed by atoms with Crippen molar-refractivity contribution in [1.29, 1.82) is 0 Å². The number of benzene rings is 1. The lowest BCUT2D eigenvalue weighted by atomic mass is 9.65. The Hall–Kier alpha value is -0.570. The first-order chi connectivity index (χ1) is 9.76. The molecular weight excluding hydrogens is 282 g/mol. The van der Waals surface area contributed by atoms with Gasteiger partial charge in [-0.25, -0.2) is 0 Å². The molecule has 1 aliphatic heterocycles. The Morgan fingerprint density at radius 2 is 1.90 bits per heavy atom. The largest absolute Gasteiger partial charge is 0.387 e. The third-order valence-electron chi connectivity index (χ3n) is 5.19. The normalized spacial score (nSPS) is 33.1. The first-order valence-electron chi connectivity index (χ1n) is 7.94. The number of nitrogens with zero attached hydrogens (tertiary/aromatic N) is 1. The van der Waals surface area contributed by atoms with Crippen molar-refractivity contribution in [1.82, 2.24) is 4.90 Å². The van der Waals surface area contributed by atoms with Crippen molar-refractivity contribution in [3.8, 4) is 0 Å². The van der Waals surface area contributed by atoms with Crippen molar-refractivity contribution in [3.05, 3.63) is 34.9 Å². The average molecular weight is 308 g/mol. The maximum atomic E-state index is 10.5. The highest BCUT2D eigenvalue weighted by Gasteiger charge is 2.49. The Kier molecular flexibility index (Phi) is 3.84. The molecule has 3 unspecified atom stereocenters. The van der Waals surface area contributed by atoms with Crippen molar-refractivity contribution in [2.45, 2.75) is 52.2 Å². The van der Waals surface area contributed by atoms with Crippen LogP contribution in [-0.4, -0.2) is 29.1 Å². The summed E-state index contributed by atoms with van der Waals surface area (Å²) < 4.78 is 0. The zero-order chi connectivity index (χ0) is 15.3. The first kappa shape index (κ1) is 15.3. The molecule has 1 saturated heterocycles. The minimum absolute atomic E-state index is 0.423. The molecule has 0 spiro atoms. The minimum atomic E-state index is -0.423. The van der Waals surface area contributed by atoms with E-state index in [1.54, 1.807) is 0 Å². The van der Waals surface area contributed by atoms with Crippen LogP contribution in [0.25, 0.3) is 0 Å². The number of aliphatic hydroxyl groups is 1. The summed E-state index contributed by atoms with van der Waals surface area (Å²) in [7, 11) is 0. The van der Waals surface area contributed by atoms with E-state index >= 15 is 0 Å². The van der Waals surface area contributed by atoms with Crippen molar-refractivity contribution >= 4 is 11.6 Å². The Bertz CT molecular complexity index is 512. The number of halogens is 1. The summed E-state index contributed by atoms with van der Waals surface area (Å²) in [5.74, 6) is 0. The van der Waals surface area contributed by atoms with Crippen molar-refractivity contribution in [3.63, 3.8) is 0 Å². The van der Waals surface area contributed by atoms with Gasteiger partial charge < -0.3 is 5.11 Å². The van der Waals surface area contributed by atoms with Crippen LogP contribution >= 0.6 is 11.6 Å². The molecule has 1 aromatic rings. The van der Waals surface area contributed by atoms with Crippen LogP contribution in [0.5, 0.6) is 0 Å². The zero-order valence-corrected chi connectivity index (χ0v) is 14.0. The molecule has 2 aliphatic rings. The van der Waals surface area contributed by atoms with Crippen LogP contribution in [0, 0.1) is 10.8 Å². The van der Waals surface area contributed by atoms with Gasteiger partial charge >= 0.3 is 0 Å². The van der Waals surface area contributed by atoms with E-state index < -0.39 is 6.10 Å². The van der Waals surface area contributed by atoms with Gasteiger partial charge in [-0.1, -0.05) is 44.5 Å². The molecule has 0 amide bonds. The van der Waals surface area contributed by atoms with Gasteiger partial charge in [0, 0.05) is 24.2 Å². The fourth-order valence-corrected chi connectivity index (χ4v) is 4.93. The number of hydrogen-bond donors (Lipinski definition) is 1. The maximum Gasteiger partial charge on any atom is 0.0917 e. The summed E-state index contributed by atoms with van der Waals surface area (Å²) in [5, 5.41) is 11.2. The van der Waals surface area contributed by atoms with Crippen LogP contribution in [0.3, 0.4) is 0 Å². The minimum Gasteiger partial charge on any atom is -0.387 e. The predicted molar refractivity (Wildman–Crippen MR) is 87.5 cm³/mol. The monoisotopic (exact) mass is 307 g/mol. The molecule has 1 aromatic carbocycles. The highest BCUT2D eigenvalue weighted by molar-refractivity contribution is 6.30. The van der Waals surface area contributed by atoms with Crippen LogP contribution in [0.4, 0.5) is 0 Å². The molecule has 2 fully saturated rings. The van der Waals surface area contributed by atoms with E-state index in [-0.39, 0.29) is 0 Å². The van der Waals surface area contributed by atoms with Gasteiger partial charge in [0.25, 0.3) is 0 Å². The standard InChI is InChI=1S/C18H26ClNO/c1-17(2)8-15-9-18(3,11-17)12-20(15)10-16(21)13-4-6-14(19)7-5-13/h4-7,15-16,21H,8-12H2,1-3H3. The van der Waals surface area contributed by atoms with E-state index in [2.05, 4.69) is 25.7 Å². The van der Waals surface area contributed by atoms with Gasteiger partial charge in [0.05, 0.1) is 6.10 Å². The molecule has 1 N–H and O–H groups in total. The topological polar surface area (TPSA) is 23.5 Å². The molecule has 0 radical (unpaired) electrons. The van der Waals surface area contributed by atoms with Crippen LogP contribution in [0.15, 0.2) is 24.3 Å². The SMILES string of the molecule is CC1(C)CC2CC(C)(CN2CC(O)c2ccc(Cl)cc2)C1. The van der Waals surface area contributed by atoms with E-state index in [0.717, 1.165) is 23.7 Å². The molecule has 1 saturated carbocycles. The maximum absolute atomic E-state index is 10.5.